The predicted molar refractivity (Wildman–Crippen MR) is 76.6 cm³/mol. The van der Waals surface area contributed by atoms with Crippen LogP contribution in [0.4, 0.5) is 0 Å². The summed E-state index contributed by atoms with van der Waals surface area (Å²) in [5.41, 5.74) is 0.719. The van der Waals surface area contributed by atoms with Crippen LogP contribution in [0, 0.1) is 10.1 Å². The van der Waals surface area contributed by atoms with Gasteiger partial charge in [0.05, 0.1) is 23.5 Å². The third-order valence-corrected chi connectivity index (χ3v) is 3.14. The molecule has 1 rings (SSSR count). The highest BCUT2D eigenvalue weighted by molar-refractivity contribution is 7.99. The van der Waals surface area contributed by atoms with Crippen LogP contribution in [0.15, 0.2) is 23.2 Å². The third kappa shape index (κ3) is 4.48. The van der Waals surface area contributed by atoms with Crippen molar-refractivity contribution in [3.05, 3.63) is 34.0 Å². The van der Waals surface area contributed by atoms with E-state index in [-0.39, 0.29) is 0 Å². The van der Waals surface area contributed by atoms with E-state index in [1.165, 1.54) is 6.08 Å². The molecule has 0 heterocycles. The lowest BCUT2D eigenvalue weighted by molar-refractivity contribution is -0.400. The Morgan fingerprint density at radius 2 is 2.16 bits per heavy atom. The minimum atomic E-state index is -0.489. The van der Waals surface area contributed by atoms with Gasteiger partial charge in [-0.2, -0.15) is 0 Å². The van der Waals surface area contributed by atoms with Crippen molar-refractivity contribution < 1.29 is 14.4 Å². The molecule has 0 unspecified atom stereocenters. The van der Waals surface area contributed by atoms with E-state index in [9.17, 15) is 10.1 Å². The molecular weight excluding hydrogens is 266 g/mol. The molecule has 0 saturated heterocycles. The highest BCUT2D eigenvalue weighted by atomic mass is 32.2. The maximum absolute atomic E-state index is 10.4. The summed E-state index contributed by atoms with van der Waals surface area (Å²) in [6, 6.07) is 3.59. The van der Waals surface area contributed by atoms with E-state index in [1.54, 1.807) is 24.9 Å². The normalized spacial score (nSPS) is 10.7. The summed E-state index contributed by atoms with van der Waals surface area (Å²) in [4.78, 5) is 10.8. The predicted octanol–water partition coefficient (Wildman–Crippen LogP) is 3.45. The van der Waals surface area contributed by atoms with E-state index in [0.717, 1.165) is 22.4 Å². The molecule has 0 saturated carbocycles. The molecule has 104 valence electrons. The Kier molecular flexibility index (Phi) is 6.21. The van der Waals surface area contributed by atoms with E-state index in [0.29, 0.717) is 18.1 Å². The van der Waals surface area contributed by atoms with Crippen LogP contribution >= 0.6 is 11.8 Å². The summed E-state index contributed by atoms with van der Waals surface area (Å²) >= 11 is 1.61. The van der Waals surface area contributed by atoms with Crippen molar-refractivity contribution in [1.29, 1.82) is 0 Å². The fraction of sp³-hybridized carbons (Fsp3) is 0.385. The summed E-state index contributed by atoms with van der Waals surface area (Å²) in [6.45, 7) is 4.42. The molecule has 6 heteroatoms. The Morgan fingerprint density at radius 3 is 2.68 bits per heavy atom. The monoisotopic (exact) mass is 283 g/mol. The van der Waals surface area contributed by atoms with Gasteiger partial charge in [-0.1, -0.05) is 6.92 Å². The Morgan fingerprint density at radius 1 is 1.42 bits per heavy atom. The fourth-order valence-electron chi connectivity index (χ4n) is 1.57. The van der Waals surface area contributed by atoms with Gasteiger partial charge in [-0.3, -0.25) is 10.1 Å². The van der Waals surface area contributed by atoms with Crippen molar-refractivity contribution in [2.24, 2.45) is 0 Å². The van der Waals surface area contributed by atoms with E-state index in [1.807, 2.05) is 19.9 Å². The summed E-state index contributed by atoms with van der Waals surface area (Å²) in [7, 11) is 1.59. The second-order valence-corrected chi connectivity index (χ2v) is 4.82. The van der Waals surface area contributed by atoms with Crippen molar-refractivity contribution in [2.75, 3.05) is 19.5 Å². The smallest absolute Gasteiger partial charge is 0.235 e. The van der Waals surface area contributed by atoms with Crippen molar-refractivity contribution in [3.8, 4) is 11.5 Å². The first-order chi connectivity index (χ1) is 9.12. The molecule has 1 aromatic carbocycles. The lowest BCUT2D eigenvalue weighted by Crippen LogP contribution is -1.98. The van der Waals surface area contributed by atoms with Crippen LogP contribution in [0.25, 0.3) is 6.08 Å². The average molecular weight is 283 g/mol. The van der Waals surface area contributed by atoms with Crippen molar-refractivity contribution in [1.82, 2.24) is 0 Å². The van der Waals surface area contributed by atoms with E-state index in [2.05, 4.69) is 0 Å². The number of ether oxygens (including phenoxy) is 2. The van der Waals surface area contributed by atoms with Gasteiger partial charge in [0.2, 0.25) is 6.20 Å². The molecule has 1 aromatic rings. The molecule has 0 aromatic heterocycles. The number of rotatable bonds is 7. The number of nitro groups is 1. The second-order valence-electron chi connectivity index (χ2n) is 3.52. The molecular formula is C13H17NO4S. The van der Waals surface area contributed by atoms with E-state index in [4.69, 9.17) is 9.47 Å². The number of thioether (sulfide) groups is 1. The Balaban J connectivity index is 3.23. The summed E-state index contributed by atoms with van der Waals surface area (Å²) in [5.74, 6) is 2.16. The second kappa shape index (κ2) is 7.68. The SMILES string of the molecule is CCOc1cc(/C=C/[N+](=O)[O-])cc(SCC)c1OC. The van der Waals surface area contributed by atoms with Gasteiger partial charge in [0, 0.05) is 6.08 Å². The van der Waals surface area contributed by atoms with Crippen LogP contribution in [0.5, 0.6) is 11.5 Å². The van der Waals surface area contributed by atoms with Crippen molar-refractivity contribution in [3.63, 3.8) is 0 Å². The van der Waals surface area contributed by atoms with Crippen LogP contribution in [0.2, 0.25) is 0 Å². The van der Waals surface area contributed by atoms with Crippen LogP contribution < -0.4 is 9.47 Å². The number of hydrogen-bond donors (Lipinski definition) is 0. The quantitative estimate of drug-likeness (QED) is 0.435. The molecule has 0 spiro atoms. The highest BCUT2D eigenvalue weighted by Gasteiger charge is 2.12. The topological polar surface area (TPSA) is 61.6 Å². The first-order valence-electron chi connectivity index (χ1n) is 5.91. The molecule has 19 heavy (non-hydrogen) atoms. The first kappa shape index (κ1) is 15.4. The minimum Gasteiger partial charge on any atom is -0.492 e. The lowest BCUT2D eigenvalue weighted by atomic mass is 10.2. The number of nitrogens with zero attached hydrogens (tertiary/aromatic N) is 1. The molecule has 0 fully saturated rings. The molecule has 0 aliphatic heterocycles. The van der Waals surface area contributed by atoms with Crippen molar-refractivity contribution >= 4 is 17.8 Å². The van der Waals surface area contributed by atoms with Gasteiger partial charge in [-0.25, -0.2) is 0 Å². The van der Waals surface area contributed by atoms with E-state index < -0.39 is 4.92 Å². The van der Waals surface area contributed by atoms with Gasteiger partial charge in [-0.15, -0.1) is 11.8 Å². The maximum Gasteiger partial charge on any atom is 0.235 e. The zero-order chi connectivity index (χ0) is 14.3. The molecule has 0 aliphatic carbocycles. The van der Waals surface area contributed by atoms with E-state index >= 15 is 0 Å². The standard InChI is InChI=1S/C13H17NO4S/c1-4-18-11-8-10(6-7-14(15)16)9-12(19-5-2)13(11)17-3/h6-9H,4-5H2,1-3H3/b7-6+. The lowest BCUT2D eigenvalue weighted by Gasteiger charge is -2.14. The molecule has 0 N–H and O–H groups in total. The molecule has 0 aliphatic rings. The highest BCUT2D eigenvalue weighted by Crippen LogP contribution is 2.39. The maximum atomic E-state index is 10.4. The number of benzene rings is 1. The molecule has 5 nitrogen and oxygen atoms in total. The Labute approximate surface area is 116 Å². The molecule has 0 atom stereocenters. The van der Waals surface area contributed by atoms with Crippen LogP contribution in [-0.2, 0) is 0 Å². The van der Waals surface area contributed by atoms with Crippen LogP contribution in [0.3, 0.4) is 0 Å². The van der Waals surface area contributed by atoms with Crippen LogP contribution in [-0.4, -0.2) is 24.4 Å². The van der Waals surface area contributed by atoms with Gasteiger partial charge >= 0.3 is 0 Å². The minimum absolute atomic E-state index is 0.489. The van der Waals surface area contributed by atoms with Crippen molar-refractivity contribution in [2.45, 2.75) is 18.7 Å². The zero-order valence-electron chi connectivity index (χ0n) is 11.2. The Bertz CT molecular complexity index is 447. The average Bonchev–Trinajstić information content (AvgIpc) is 2.37. The van der Waals surface area contributed by atoms with Gasteiger partial charge in [-0.05, 0) is 30.4 Å². The Hall–Kier alpha value is -1.69. The summed E-state index contributed by atoms with van der Waals surface area (Å²) in [5, 5.41) is 10.4. The third-order valence-electron chi connectivity index (χ3n) is 2.24. The molecule has 0 radical (unpaired) electrons. The largest absolute Gasteiger partial charge is 0.492 e. The fourth-order valence-corrected chi connectivity index (χ4v) is 2.41. The first-order valence-corrected chi connectivity index (χ1v) is 6.90. The number of hydrogen-bond acceptors (Lipinski definition) is 5. The van der Waals surface area contributed by atoms with Gasteiger partial charge in [0.1, 0.15) is 0 Å². The summed E-state index contributed by atoms with van der Waals surface area (Å²) in [6.07, 6.45) is 2.36. The van der Waals surface area contributed by atoms with Crippen LogP contribution in [0.1, 0.15) is 19.4 Å². The van der Waals surface area contributed by atoms with Gasteiger partial charge < -0.3 is 9.47 Å². The van der Waals surface area contributed by atoms with Gasteiger partial charge in [0.25, 0.3) is 0 Å². The summed E-state index contributed by atoms with van der Waals surface area (Å²) < 4.78 is 10.9. The number of methoxy groups -OCH3 is 1. The molecule has 0 amide bonds. The molecule has 0 bridgehead atoms. The zero-order valence-corrected chi connectivity index (χ0v) is 12.0. The van der Waals surface area contributed by atoms with Gasteiger partial charge in [0.15, 0.2) is 11.5 Å².